The summed E-state index contributed by atoms with van der Waals surface area (Å²) in [4.78, 5) is 24.3. The van der Waals surface area contributed by atoms with Gasteiger partial charge in [0.15, 0.2) is 0 Å². The van der Waals surface area contributed by atoms with Crippen LogP contribution in [0, 0.1) is 6.92 Å². The molecule has 0 fully saturated rings. The number of anilines is 1. The van der Waals surface area contributed by atoms with E-state index in [-0.39, 0.29) is 30.2 Å². The van der Waals surface area contributed by atoms with E-state index in [4.69, 9.17) is 25.8 Å². The summed E-state index contributed by atoms with van der Waals surface area (Å²) in [6.45, 7) is 3.89. The molecule has 3 rings (SSSR count). The van der Waals surface area contributed by atoms with Crippen LogP contribution in [0.15, 0.2) is 29.8 Å². The maximum Gasteiger partial charge on any atom is 0.342 e. The first kappa shape index (κ1) is 23.5. The minimum absolute atomic E-state index is 0.108. The Labute approximate surface area is 191 Å². The number of carbonyl (C=O) groups excluding carboxylic acids is 2. The van der Waals surface area contributed by atoms with Crippen LogP contribution in [-0.4, -0.2) is 31.2 Å². The number of hydrogen-bond donors (Lipinski definition) is 2. The molecule has 0 atom stereocenters. The van der Waals surface area contributed by atoms with Crippen molar-refractivity contribution in [2.45, 2.75) is 39.7 Å². The number of nitrogens with one attached hydrogen (secondary N) is 1. The predicted molar refractivity (Wildman–Crippen MR) is 122 cm³/mol. The van der Waals surface area contributed by atoms with Crippen LogP contribution in [-0.2, 0) is 22.6 Å². The lowest BCUT2D eigenvalue weighted by molar-refractivity contribution is -0.116. The third-order valence-electron chi connectivity index (χ3n) is 5.48. The molecule has 0 unspecified atom stereocenters. The molecule has 0 aromatic heterocycles. The number of phenolic OH excluding ortho intramolecular Hbond substituents is 1. The van der Waals surface area contributed by atoms with E-state index in [1.165, 1.54) is 14.2 Å². The van der Waals surface area contributed by atoms with Crippen molar-refractivity contribution in [3.8, 4) is 17.2 Å². The minimum atomic E-state index is -0.527. The van der Waals surface area contributed by atoms with Gasteiger partial charge in [0.25, 0.3) is 0 Å². The molecule has 32 heavy (non-hydrogen) atoms. The smallest absolute Gasteiger partial charge is 0.342 e. The summed E-state index contributed by atoms with van der Waals surface area (Å²) in [7, 11) is 3.06. The molecule has 170 valence electrons. The molecule has 0 spiro atoms. The van der Waals surface area contributed by atoms with Crippen molar-refractivity contribution < 1.29 is 28.9 Å². The van der Waals surface area contributed by atoms with Crippen molar-refractivity contribution in [1.82, 2.24) is 0 Å². The zero-order valence-corrected chi connectivity index (χ0v) is 19.3. The molecule has 0 aliphatic carbocycles. The first-order valence-corrected chi connectivity index (χ1v) is 10.5. The fourth-order valence-corrected chi connectivity index (χ4v) is 3.94. The van der Waals surface area contributed by atoms with Gasteiger partial charge in [0.1, 0.15) is 29.4 Å². The quantitative estimate of drug-likeness (QED) is 0.428. The number of esters is 1. The van der Waals surface area contributed by atoms with Crippen molar-refractivity contribution in [3.63, 3.8) is 0 Å². The first-order chi connectivity index (χ1) is 15.3. The number of amides is 1. The number of ether oxygens (including phenoxy) is 3. The molecule has 1 aliphatic heterocycles. The molecule has 0 radical (unpaired) electrons. The van der Waals surface area contributed by atoms with Crippen LogP contribution in [0.2, 0.25) is 5.02 Å². The highest BCUT2D eigenvalue weighted by Crippen LogP contribution is 2.42. The number of carbonyl (C=O) groups is 2. The fourth-order valence-electron chi connectivity index (χ4n) is 3.68. The van der Waals surface area contributed by atoms with Crippen LogP contribution in [0.1, 0.15) is 46.8 Å². The van der Waals surface area contributed by atoms with Crippen LogP contribution in [0.25, 0.3) is 0 Å². The monoisotopic (exact) mass is 459 g/mol. The van der Waals surface area contributed by atoms with Gasteiger partial charge in [-0.15, -0.1) is 0 Å². The highest BCUT2D eigenvalue weighted by Gasteiger charge is 2.31. The van der Waals surface area contributed by atoms with Crippen LogP contribution in [0.4, 0.5) is 5.69 Å². The van der Waals surface area contributed by atoms with Crippen LogP contribution >= 0.6 is 11.6 Å². The van der Waals surface area contributed by atoms with Gasteiger partial charge in [-0.25, -0.2) is 4.79 Å². The Kier molecular flexibility index (Phi) is 7.30. The second kappa shape index (κ2) is 9.96. The molecular formula is C24H26ClNO6. The van der Waals surface area contributed by atoms with Crippen LogP contribution in [0.5, 0.6) is 17.2 Å². The van der Waals surface area contributed by atoms with E-state index in [1.807, 2.05) is 19.9 Å². The van der Waals surface area contributed by atoms with Crippen LogP contribution in [0.3, 0.4) is 0 Å². The van der Waals surface area contributed by atoms with Crippen molar-refractivity contribution >= 4 is 29.2 Å². The Bertz CT molecular complexity index is 1090. The van der Waals surface area contributed by atoms with Gasteiger partial charge in [-0.2, -0.15) is 0 Å². The maximum atomic E-state index is 12.3. The first-order valence-electron chi connectivity index (χ1n) is 10.1. The topological polar surface area (TPSA) is 94.1 Å². The molecule has 0 bridgehead atoms. The summed E-state index contributed by atoms with van der Waals surface area (Å²) in [5, 5.41) is 13.9. The molecule has 1 aliphatic rings. The number of fused-ring (bicyclic) bond motifs is 1. The van der Waals surface area contributed by atoms with Crippen molar-refractivity contribution in [2.24, 2.45) is 0 Å². The third kappa shape index (κ3) is 4.83. The minimum Gasteiger partial charge on any atom is -0.507 e. The second-order valence-corrected chi connectivity index (χ2v) is 7.97. The molecule has 1 heterocycles. The molecule has 8 heteroatoms. The number of methoxy groups -OCH3 is 2. The molecule has 2 N–H and O–H groups in total. The maximum absolute atomic E-state index is 12.3. The molecule has 2 aromatic carbocycles. The summed E-state index contributed by atoms with van der Waals surface area (Å²) in [5.74, 6) is 0.300. The highest BCUT2D eigenvalue weighted by atomic mass is 35.5. The standard InChI is InChI=1S/C24H26ClNO6/c1-13(6-10-20(27)26-15-7-9-19(30-3)18(25)11-15)5-8-16-22(28)21-17(12-32-24(21)29)14(2)23(16)31-4/h5,7,9,11,28H,6,8,10,12H2,1-4H3,(H,26,27). The molecule has 2 aromatic rings. The van der Waals surface area contributed by atoms with Gasteiger partial charge < -0.3 is 24.6 Å². The Morgan fingerprint density at radius 2 is 2.03 bits per heavy atom. The highest BCUT2D eigenvalue weighted by molar-refractivity contribution is 6.32. The van der Waals surface area contributed by atoms with Gasteiger partial charge in [0.2, 0.25) is 5.91 Å². The van der Waals surface area contributed by atoms with E-state index < -0.39 is 5.97 Å². The summed E-state index contributed by atoms with van der Waals surface area (Å²) in [6, 6.07) is 5.05. The average Bonchev–Trinajstić information content (AvgIpc) is 3.16. The van der Waals surface area contributed by atoms with Crippen molar-refractivity contribution in [3.05, 3.63) is 57.1 Å². The van der Waals surface area contributed by atoms with Gasteiger partial charge in [-0.3, -0.25) is 4.79 Å². The van der Waals surface area contributed by atoms with Crippen molar-refractivity contribution in [2.75, 3.05) is 19.5 Å². The fraction of sp³-hybridized carbons (Fsp3) is 0.333. The number of benzene rings is 2. The SMILES string of the molecule is COc1ccc(NC(=O)CCC(C)=CCc2c(O)c3c(c(C)c2OC)COC3=O)cc1Cl. The van der Waals surface area contributed by atoms with Gasteiger partial charge in [-0.1, -0.05) is 23.3 Å². The zero-order valence-electron chi connectivity index (χ0n) is 18.5. The number of aromatic hydroxyl groups is 1. The molecular weight excluding hydrogens is 434 g/mol. The van der Waals surface area contributed by atoms with Gasteiger partial charge >= 0.3 is 5.97 Å². The van der Waals surface area contributed by atoms with E-state index in [9.17, 15) is 14.7 Å². The molecule has 7 nitrogen and oxygen atoms in total. The lowest BCUT2D eigenvalue weighted by atomic mass is 9.94. The van der Waals surface area contributed by atoms with E-state index in [0.29, 0.717) is 46.2 Å². The molecule has 1 amide bonds. The number of rotatable bonds is 8. The largest absolute Gasteiger partial charge is 0.507 e. The number of halogens is 1. The summed E-state index contributed by atoms with van der Waals surface area (Å²) < 4.78 is 15.7. The van der Waals surface area contributed by atoms with E-state index >= 15 is 0 Å². The number of hydrogen-bond acceptors (Lipinski definition) is 6. The third-order valence-corrected chi connectivity index (χ3v) is 5.78. The normalized spacial score (nSPS) is 12.9. The lowest BCUT2D eigenvalue weighted by Gasteiger charge is -2.15. The summed E-state index contributed by atoms with van der Waals surface area (Å²) in [6.07, 6.45) is 3.09. The van der Waals surface area contributed by atoms with Gasteiger partial charge in [0.05, 0.1) is 19.2 Å². The number of allylic oxidation sites excluding steroid dienone is 2. The van der Waals surface area contributed by atoms with Gasteiger partial charge in [-0.05, 0) is 50.5 Å². The van der Waals surface area contributed by atoms with E-state index in [1.54, 1.807) is 18.2 Å². The summed E-state index contributed by atoms with van der Waals surface area (Å²) in [5.41, 5.74) is 3.74. The zero-order chi connectivity index (χ0) is 23.4. The Morgan fingerprint density at radius 3 is 2.69 bits per heavy atom. The average molecular weight is 460 g/mol. The van der Waals surface area contributed by atoms with Gasteiger partial charge in [0, 0.05) is 23.2 Å². The molecule has 0 saturated carbocycles. The Hall–Kier alpha value is -3.19. The number of cyclic esters (lactones) is 1. The summed E-state index contributed by atoms with van der Waals surface area (Å²) >= 11 is 6.09. The predicted octanol–water partition coefficient (Wildman–Crippen LogP) is 4.95. The second-order valence-electron chi connectivity index (χ2n) is 7.57. The Morgan fingerprint density at radius 1 is 1.28 bits per heavy atom. The van der Waals surface area contributed by atoms with Crippen molar-refractivity contribution in [1.29, 1.82) is 0 Å². The van der Waals surface area contributed by atoms with E-state index in [2.05, 4.69) is 5.32 Å². The Balaban J connectivity index is 1.66. The molecule has 0 saturated heterocycles. The van der Waals surface area contributed by atoms with E-state index in [0.717, 1.165) is 11.1 Å². The lowest BCUT2D eigenvalue weighted by Crippen LogP contribution is -2.11. The van der Waals surface area contributed by atoms with Crippen LogP contribution < -0.4 is 14.8 Å². The number of phenols is 1.